The van der Waals surface area contributed by atoms with Crippen molar-refractivity contribution >= 4 is 11.9 Å². The number of anilines is 1. The van der Waals surface area contributed by atoms with Gasteiger partial charge >= 0.3 is 6.09 Å². The smallest absolute Gasteiger partial charge is 0.410 e. The molecular weight excluding hydrogens is 318 g/mol. The molecule has 0 saturated carbocycles. The van der Waals surface area contributed by atoms with E-state index in [1.54, 1.807) is 17.3 Å². The van der Waals surface area contributed by atoms with Crippen molar-refractivity contribution in [1.82, 2.24) is 20.1 Å². The van der Waals surface area contributed by atoms with Crippen LogP contribution >= 0.6 is 0 Å². The molecule has 25 heavy (non-hydrogen) atoms. The maximum absolute atomic E-state index is 12.1. The van der Waals surface area contributed by atoms with E-state index in [2.05, 4.69) is 20.1 Å². The van der Waals surface area contributed by atoms with E-state index in [0.717, 1.165) is 17.1 Å². The van der Waals surface area contributed by atoms with Gasteiger partial charge < -0.3 is 14.5 Å². The van der Waals surface area contributed by atoms with Crippen LogP contribution in [0.3, 0.4) is 0 Å². The highest BCUT2D eigenvalue weighted by Crippen LogP contribution is 2.19. The second-order valence-corrected chi connectivity index (χ2v) is 6.97. The molecule has 0 aliphatic carbocycles. The van der Waals surface area contributed by atoms with Crippen molar-refractivity contribution in [3.63, 3.8) is 0 Å². The second kappa shape index (κ2) is 7.04. The van der Waals surface area contributed by atoms with Crippen molar-refractivity contribution in [2.45, 2.75) is 26.4 Å². The van der Waals surface area contributed by atoms with Gasteiger partial charge in [0.25, 0.3) is 0 Å². The minimum atomic E-state index is -0.470. The lowest BCUT2D eigenvalue weighted by Crippen LogP contribution is -2.50. The summed E-state index contributed by atoms with van der Waals surface area (Å²) in [6.07, 6.45) is 3.24. The molecule has 1 saturated heterocycles. The Morgan fingerprint density at radius 3 is 2.40 bits per heavy atom. The first kappa shape index (κ1) is 17.1. The normalized spacial score (nSPS) is 15.2. The quantitative estimate of drug-likeness (QED) is 0.836. The van der Waals surface area contributed by atoms with Crippen LogP contribution in [0.4, 0.5) is 10.6 Å². The molecule has 1 aliphatic heterocycles. The van der Waals surface area contributed by atoms with Crippen LogP contribution in [0.15, 0.2) is 36.7 Å². The molecule has 1 fully saturated rings. The number of pyridine rings is 1. The molecule has 7 heteroatoms. The van der Waals surface area contributed by atoms with Gasteiger partial charge in [0.2, 0.25) is 0 Å². The lowest BCUT2D eigenvalue weighted by atomic mass is 10.2. The van der Waals surface area contributed by atoms with E-state index in [1.165, 1.54) is 0 Å². The number of amides is 1. The Balaban J connectivity index is 1.59. The monoisotopic (exact) mass is 341 g/mol. The summed E-state index contributed by atoms with van der Waals surface area (Å²) in [5.74, 6) is 0.816. The Hall–Kier alpha value is -2.70. The number of nitrogens with zero attached hydrogens (tertiary/aromatic N) is 5. The average molecular weight is 341 g/mol. The molecule has 3 heterocycles. The number of carbonyl (C=O) groups excluding carboxylic acids is 1. The van der Waals surface area contributed by atoms with Gasteiger partial charge in [0.1, 0.15) is 5.60 Å². The second-order valence-electron chi connectivity index (χ2n) is 6.97. The molecule has 7 nitrogen and oxygen atoms in total. The summed E-state index contributed by atoms with van der Waals surface area (Å²) in [4.78, 5) is 20.1. The van der Waals surface area contributed by atoms with Gasteiger partial charge in [-0.15, -0.1) is 10.2 Å². The van der Waals surface area contributed by atoms with Crippen LogP contribution in [0.5, 0.6) is 0 Å². The molecule has 2 aromatic rings. The number of rotatable bonds is 2. The maximum Gasteiger partial charge on any atom is 0.410 e. The van der Waals surface area contributed by atoms with Crippen molar-refractivity contribution in [2.75, 3.05) is 31.1 Å². The van der Waals surface area contributed by atoms with Gasteiger partial charge in [-0.05, 0) is 45.0 Å². The van der Waals surface area contributed by atoms with Crippen LogP contribution in [0.2, 0.25) is 0 Å². The van der Waals surface area contributed by atoms with E-state index in [0.29, 0.717) is 26.2 Å². The van der Waals surface area contributed by atoms with Crippen LogP contribution in [0.1, 0.15) is 20.8 Å². The van der Waals surface area contributed by atoms with Crippen molar-refractivity contribution in [2.24, 2.45) is 0 Å². The van der Waals surface area contributed by atoms with Crippen LogP contribution in [-0.4, -0.2) is 58.0 Å². The van der Waals surface area contributed by atoms with Crippen LogP contribution in [0, 0.1) is 0 Å². The summed E-state index contributed by atoms with van der Waals surface area (Å²) < 4.78 is 5.42. The lowest BCUT2D eigenvalue weighted by Gasteiger charge is -2.35. The molecule has 0 N–H and O–H groups in total. The van der Waals surface area contributed by atoms with Gasteiger partial charge in [0.15, 0.2) is 5.82 Å². The summed E-state index contributed by atoms with van der Waals surface area (Å²) in [6, 6.07) is 7.73. The number of hydrogen-bond donors (Lipinski definition) is 0. The van der Waals surface area contributed by atoms with Gasteiger partial charge in [0.05, 0.1) is 5.69 Å². The molecule has 0 atom stereocenters. The Bertz CT molecular complexity index is 704. The van der Waals surface area contributed by atoms with Crippen molar-refractivity contribution < 1.29 is 9.53 Å². The zero-order valence-corrected chi connectivity index (χ0v) is 14.8. The summed E-state index contributed by atoms with van der Waals surface area (Å²) in [5.41, 5.74) is 1.27. The fraction of sp³-hybridized carbons (Fsp3) is 0.444. The van der Waals surface area contributed by atoms with Gasteiger partial charge in [-0.2, -0.15) is 0 Å². The molecule has 0 radical (unpaired) electrons. The Morgan fingerprint density at radius 1 is 1.08 bits per heavy atom. The molecule has 2 aromatic heterocycles. The van der Waals surface area contributed by atoms with Crippen LogP contribution in [0.25, 0.3) is 11.3 Å². The van der Waals surface area contributed by atoms with E-state index in [4.69, 9.17) is 4.74 Å². The van der Waals surface area contributed by atoms with Gasteiger partial charge in [-0.3, -0.25) is 4.98 Å². The van der Waals surface area contributed by atoms with E-state index in [-0.39, 0.29) is 6.09 Å². The predicted octanol–water partition coefficient (Wildman–Crippen LogP) is 2.60. The Kier molecular flexibility index (Phi) is 4.83. The highest BCUT2D eigenvalue weighted by atomic mass is 16.6. The third-order valence-corrected chi connectivity index (χ3v) is 3.86. The fourth-order valence-corrected chi connectivity index (χ4v) is 2.61. The first-order valence-corrected chi connectivity index (χ1v) is 8.39. The Morgan fingerprint density at radius 2 is 1.84 bits per heavy atom. The summed E-state index contributed by atoms with van der Waals surface area (Å²) >= 11 is 0. The number of aromatic nitrogens is 3. The first-order valence-electron chi connectivity index (χ1n) is 8.39. The Labute approximate surface area is 147 Å². The van der Waals surface area contributed by atoms with Gasteiger partial charge in [-0.1, -0.05) is 0 Å². The van der Waals surface area contributed by atoms with E-state index >= 15 is 0 Å². The SMILES string of the molecule is CC(C)(C)OC(=O)N1CCN(c2ccc(-c3cccnc3)nn2)CC1. The largest absolute Gasteiger partial charge is 0.444 e. The third-order valence-electron chi connectivity index (χ3n) is 3.86. The third kappa shape index (κ3) is 4.43. The summed E-state index contributed by atoms with van der Waals surface area (Å²) in [5, 5.41) is 8.61. The zero-order chi connectivity index (χ0) is 17.9. The topological polar surface area (TPSA) is 71.5 Å². The highest BCUT2D eigenvalue weighted by molar-refractivity contribution is 5.68. The molecule has 0 spiro atoms. The van der Waals surface area contributed by atoms with E-state index < -0.39 is 5.60 Å². The van der Waals surface area contributed by atoms with E-state index in [1.807, 2.05) is 45.0 Å². The maximum atomic E-state index is 12.1. The fourth-order valence-electron chi connectivity index (χ4n) is 2.61. The molecule has 1 amide bonds. The molecule has 0 bridgehead atoms. The minimum Gasteiger partial charge on any atom is -0.444 e. The summed E-state index contributed by atoms with van der Waals surface area (Å²) in [6.45, 7) is 8.27. The number of carbonyl (C=O) groups is 1. The van der Waals surface area contributed by atoms with Crippen LogP contribution < -0.4 is 4.90 Å². The van der Waals surface area contributed by atoms with Crippen LogP contribution in [-0.2, 0) is 4.74 Å². The first-order chi connectivity index (χ1) is 11.9. The van der Waals surface area contributed by atoms with Crippen molar-refractivity contribution in [3.05, 3.63) is 36.7 Å². The van der Waals surface area contributed by atoms with Crippen molar-refractivity contribution in [1.29, 1.82) is 0 Å². The lowest BCUT2D eigenvalue weighted by molar-refractivity contribution is 0.0240. The number of hydrogen-bond acceptors (Lipinski definition) is 6. The highest BCUT2D eigenvalue weighted by Gasteiger charge is 2.26. The average Bonchev–Trinajstić information content (AvgIpc) is 2.61. The van der Waals surface area contributed by atoms with Gasteiger partial charge in [-0.25, -0.2) is 4.79 Å². The minimum absolute atomic E-state index is 0.259. The molecule has 0 aromatic carbocycles. The molecular formula is C18H23N5O2. The standard InChI is InChI=1S/C18H23N5O2/c1-18(2,3)25-17(24)23-11-9-22(10-12-23)16-7-6-15(20-21-16)14-5-4-8-19-13-14/h4-8,13H,9-12H2,1-3H3. The number of piperazine rings is 1. The molecule has 1 aliphatic rings. The summed E-state index contributed by atoms with van der Waals surface area (Å²) in [7, 11) is 0. The molecule has 0 unspecified atom stereocenters. The zero-order valence-electron chi connectivity index (χ0n) is 14.8. The van der Waals surface area contributed by atoms with Crippen molar-refractivity contribution in [3.8, 4) is 11.3 Å². The molecule has 132 valence electrons. The number of ether oxygens (including phenoxy) is 1. The van der Waals surface area contributed by atoms with Gasteiger partial charge in [0, 0.05) is 44.1 Å². The molecule has 3 rings (SSSR count). The van der Waals surface area contributed by atoms with E-state index in [9.17, 15) is 4.79 Å². The predicted molar refractivity (Wildman–Crippen MR) is 95.3 cm³/mol.